The van der Waals surface area contributed by atoms with E-state index in [9.17, 15) is 5.11 Å². The van der Waals surface area contributed by atoms with Crippen LogP contribution in [0, 0.1) is 11.8 Å². The molecular weight excluding hydrogens is 210 g/mol. The Hall–Kier alpha value is -0.0800. The van der Waals surface area contributed by atoms with Gasteiger partial charge in [0.2, 0.25) is 0 Å². The van der Waals surface area contributed by atoms with Crippen molar-refractivity contribution in [3.05, 3.63) is 0 Å². The Kier molecular flexibility index (Phi) is 4.87. The van der Waals surface area contributed by atoms with E-state index in [1.165, 1.54) is 44.9 Å². The quantitative estimate of drug-likeness (QED) is 0.723. The molecule has 0 aromatic carbocycles. The van der Waals surface area contributed by atoms with Gasteiger partial charge in [-0.15, -0.1) is 0 Å². The Morgan fingerprint density at radius 3 is 2.41 bits per heavy atom. The Morgan fingerprint density at radius 1 is 1.12 bits per heavy atom. The molecule has 2 heteroatoms. The monoisotopic (exact) mass is 239 g/mol. The average molecular weight is 239 g/mol. The normalized spacial score (nSPS) is 32.8. The van der Waals surface area contributed by atoms with Gasteiger partial charge in [-0.05, 0) is 37.6 Å². The van der Waals surface area contributed by atoms with Crippen molar-refractivity contribution in [2.45, 2.75) is 70.3 Å². The van der Waals surface area contributed by atoms with Crippen molar-refractivity contribution in [3.63, 3.8) is 0 Å². The smallest absolute Gasteiger partial charge is 0.0771 e. The minimum absolute atomic E-state index is 0.374. The van der Waals surface area contributed by atoms with Crippen LogP contribution in [0.4, 0.5) is 0 Å². The van der Waals surface area contributed by atoms with Crippen LogP contribution in [0.15, 0.2) is 0 Å². The zero-order valence-electron chi connectivity index (χ0n) is 11.4. The Labute approximate surface area is 106 Å². The van der Waals surface area contributed by atoms with Crippen LogP contribution < -0.4 is 5.32 Å². The lowest BCUT2D eigenvalue weighted by atomic mass is 9.81. The number of hydrogen-bond donors (Lipinski definition) is 2. The summed E-state index contributed by atoms with van der Waals surface area (Å²) in [6.45, 7) is 4.29. The molecule has 0 aromatic rings. The molecule has 0 bridgehead atoms. The molecule has 0 saturated heterocycles. The molecule has 100 valence electrons. The molecule has 0 atom stereocenters. The zero-order valence-corrected chi connectivity index (χ0v) is 11.4. The van der Waals surface area contributed by atoms with Crippen LogP contribution in [0.1, 0.15) is 64.7 Å². The fraction of sp³-hybridized carbons (Fsp3) is 1.00. The number of aliphatic hydroxyl groups is 1. The van der Waals surface area contributed by atoms with Gasteiger partial charge in [0.15, 0.2) is 0 Å². The molecule has 2 nitrogen and oxygen atoms in total. The number of rotatable bonds is 5. The molecular formula is C15H29NO. The maximum absolute atomic E-state index is 10.2. The first-order chi connectivity index (χ1) is 8.18. The first-order valence-electron chi connectivity index (χ1n) is 7.61. The second-order valence-corrected chi connectivity index (χ2v) is 6.52. The Bertz CT molecular complexity index is 215. The van der Waals surface area contributed by atoms with Gasteiger partial charge >= 0.3 is 0 Å². The minimum Gasteiger partial charge on any atom is -0.389 e. The van der Waals surface area contributed by atoms with Gasteiger partial charge in [-0.2, -0.15) is 0 Å². The van der Waals surface area contributed by atoms with Crippen molar-refractivity contribution in [2.75, 3.05) is 13.1 Å². The van der Waals surface area contributed by atoms with E-state index >= 15 is 0 Å². The van der Waals surface area contributed by atoms with Crippen LogP contribution in [0.2, 0.25) is 0 Å². The van der Waals surface area contributed by atoms with Crippen LogP contribution in [-0.4, -0.2) is 23.8 Å². The highest BCUT2D eigenvalue weighted by Gasteiger charge is 2.30. The van der Waals surface area contributed by atoms with Crippen molar-refractivity contribution in [2.24, 2.45) is 11.8 Å². The van der Waals surface area contributed by atoms with Crippen LogP contribution >= 0.6 is 0 Å². The van der Waals surface area contributed by atoms with Crippen molar-refractivity contribution < 1.29 is 5.11 Å². The molecule has 2 N–H and O–H groups in total. The summed E-state index contributed by atoms with van der Waals surface area (Å²) in [4.78, 5) is 0. The van der Waals surface area contributed by atoms with E-state index in [0.717, 1.165) is 37.8 Å². The maximum Gasteiger partial charge on any atom is 0.0771 e. The van der Waals surface area contributed by atoms with Gasteiger partial charge in [0.1, 0.15) is 0 Å². The van der Waals surface area contributed by atoms with Crippen molar-refractivity contribution in [1.82, 2.24) is 5.32 Å². The van der Waals surface area contributed by atoms with Gasteiger partial charge in [0, 0.05) is 6.54 Å². The van der Waals surface area contributed by atoms with Crippen LogP contribution in [0.3, 0.4) is 0 Å². The largest absolute Gasteiger partial charge is 0.389 e. The molecule has 0 spiro atoms. The third-order valence-electron chi connectivity index (χ3n) is 4.85. The maximum atomic E-state index is 10.2. The van der Waals surface area contributed by atoms with Gasteiger partial charge in [0.25, 0.3) is 0 Å². The van der Waals surface area contributed by atoms with Gasteiger partial charge in [0.05, 0.1) is 5.60 Å². The fourth-order valence-electron chi connectivity index (χ4n) is 3.45. The highest BCUT2D eigenvalue weighted by Crippen LogP contribution is 2.30. The summed E-state index contributed by atoms with van der Waals surface area (Å²) in [5.74, 6) is 1.90. The van der Waals surface area contributed by atoms with E-state index in [0.29, 0.717) is 0 Å². The molecule has 0 heterocycles. The molecule has 2 fully saturated rings. The van der Waals surface area contributed by atoms with Crippen LogP contribution in [0.5, 0.6) is 0 Å². The topological polar surface area (TPSA) is 32.3 Å². The van der Waals surface area contributed by atoms with Gasteiger partial charge < -0.3 is 10.4 Å². The number of hydrogen-bond acceptors (Lipinski definition) is 2. The van der Waals surface area contributed by atoms with Crippen LogP contribution in [0.25, 0.3) is 0 Å². The van der Waals surface area contributed by atoms with Crippen LogP contribution in [-0.2, 0) is 0 Å². The van der Waals surface area contributed by atoms with Gasteiger partial charge in [-0.3, -0.25) is 0 Å². The lowest BCUT2D eigenvalue weighted by molar-refractivity contribution is 0.0474. The summed E-state index contributed by atoms with van der Waals surface area (Å²) in [6.07, 6.45) is 11.4. The molecule has 0 radical (unpaired) electrons. The van der Waals surface area contributed by atoms with Gasteiger partial charge in [-0.1, -0.05) is 45.4 Å². The third-order valence-corrected chi connectivity index (χ3v) is 4.85. The van der Waals surface area contributed by atoms with Crippen molar-refractivity contribution in [3.8, 4) is 0 Å². The lowest BCUT2D eigenvalue weighted by Gasteiger charge is -2.27. The number of nitrogens with one attached hydrogen (secondary N) is 1. The molecule has 2 rings (SSSR count). The molecule has 2 aliphatic carbocycles. The molecule has 0 aliphatic heterocycles. The van der Waals surface area contributed by atoms with E-state index in [2.05, 4.69) is 12.2 Å². The summed E-state index contributed by atoms with van der Waals surface area (Å²) >= 11 is 0. The minimum atomic E-state index is -0.374. The third kappa shape index (κ3) is 4.26. The molecule has 2 aliphatic rings. The fourth-order valence-corrected chi connectivity index (χ4v) is 3.45. The summed E-state index contributed by atoms with van der Waals surface area (Å²) in [6, 6.07) is 0. The summed E-state index contributed by atoms with van der Waals surface area (Å²) in [5.41, 5.74) is -0.374. The van der Waals surface area contributed by atoms with E-state index in [1.54, 1.807) is 0 Å². The highest BCUT2D eigenvalue weighted by atomic mass is 16.3. The molecule has 17 heavy (non-hydrogen) atoms. The second kappa shape index (κ2) is 6.19. The summed E-state index contributed by atoms with van der Waals surface area (Å²) in [7, 11) is 0. The van der Waals surface area contributed by atoms with E-state index < -0.39 is 0 Å². The lowest BCUT2D eigenvalue weighted by Crippen LogP contribution is -2.38. The standard InChI is InChI=1S/C15H29NO/c1-13-4-6-14(7-5-13)8-11-16-12-15(17)9-2-3-10-15/h13-14,16-17H,2-12H2,1H3. The predicted octanol–water partition coefficient (Wildman–Crippen LogP) is 3.10. The van der Waals surface area contributed by atoms with Gasteiger partial charge in [-0.25, -0.2) is 0 Å². The molecule has 2 saturated carbocycles. The highest BCUT2D eigenvalue weighted by molar-refractivity contribution is 4.86. The molecule has 0 unspecified atom stereocenters. The summed E-state index contributed by atoms with van der Waals surface area (Å²) < 4.78 is 0. The first-order valence-corrected chi connectivity index (χ1v) is 7.61. The first kappa shape index (κ1) is 13.4. The SMILES string of the molecule is CC1CCC(CCNCC2(O)CCCC2)CC1. The Balaban J connectivity index is 1.54. The second-order valence-electron chi connectivity index (χ2n) is 6.52. The molecule has 0 aromatic heterocycles. The van der Waals surface area contributed by atoms with E-state index in [-0.39, 0.29) is 5.60 Å². The summed E-state index contributed by atoms with van der Waals surface area (Å²) in [5, 5.41) is 13.7. The predicted molar refractivity (Wildman–Crippen MR) is 72.0 cm³/mol. The zero-order chi connectivity index (χ0) is 12.1. The van der Waals surface area contributed by atoms with Crippen molar-refractivity contribution >= 4 is 0 Å². The molecule has 0 amide bonds. The van der Waals surface area contributed by atoms with E-state index in [1.807, 2.05) is 0 Å². The van der Waals surface area contributed by atoms with Crippen molar-refractivity contribution in [1.29, 1.82) is 0 Å². The average Bonchev–Trinajstić information content (AvgIpc) is 2.74. The Morgan fingerprint density at radius 2 is 1.76 bits per heavy atom. The van der Waals surface area contributed by atoms with E-state index in [4.69, 9.17) is 0 Å².